The zero-order valence-corrected chi connectivity index (χ0v) is 13.9. The number of piperidine rings is 1. The lowest BCUT2D eigenvalue weighted by Gasteiger charge is -2.27. The van der Waals surface area contributed by atoms with E-state index in [0.717, 1.165) is 37.4 Å². The molecule has 122 valence electrons. The number of pyridine rings is 2. The number of hydrogen-bond donors (Lipinski definition) is 1. The van der Waals surface area contributed by atoms with Gasteiger partial charge in [-0.05, 0) is 50.5 Å². The third kappa shape index (κ3) is 3.79. The second kappa shape index (κ2) is 6.54. The van der Waals surface area contributed by atoms with E-state index in [1.807, 2.05) is 13.0 Å². The molecule has 1 N–H and O–H groups in total. The molecule has 0 unspecified atom stereocenters. The number of nitrogens with one attached hydrogen (secondary N) is 1. The van der Waals surface area contributed by atoms with Crippen LogP contribution in [0.5, 0.6) is 0 Å². The summed E-state index contributed by atoms with van der Waals surface area (Å²) in [5.74, 6) is 1.14. The van der Waals surface area contributed by atoms with Crippen LogP contribution >= 0.6 is 0 Å². The zero-order chi connectivity index (χ0) is 16.3. The third-order valence-electron chi connectivity index (χ3n) is 3.84. The summed E-state index contributed by atoms with van der Waals surface area (Å²) in [5.41, 5.74) is 0.753. The van der Waals surface area contributed by atoms with E-state index in [1.54, 1.807) is 24.3 Å². The molecule has 6 nitrogen and oxygen atoms in total. The van der Waals surface area contributed by atoms with Crippen LogP contribution in [0.3, 0.4) is 0 Å². The fraction of sp³-hybridized carbons (Fsp3) is 0.375. The monoisotopic (exact) mass is 332 g/mol. The van der Waals surface area contributed by atoms with Gasteiger partial charge in [-0.1, -0.05) is 6.07 Å². The first-order valence-electron chi connectivity index (χ1n) is 7.72. The Morgan fingerprint density at radius 1 is 1.09 bits per heavy atom. The first-order valence-corrected chi connectivity index (χ1v) is 9.20. The highest BCUT2D eigenvalue weighted by Gasteiger charge is 2.17. The predicted molar refractivity (Wildman–Crippen MR) is 90.1 cm³/mol. The molecule has 0 amide bonds. The van der Waals surface area contributed by atoms with Crippen LogP contribution in [0.4, 0.5) is 11.6 Å². The number of rotatable bonds is 4. The van der Waals surface area contributed by atoms with Crippen molar-refractivity contribution in [3.05, 3.63) is 42.2 Å². The Balaban J connectivity index is 1.77. The van der Waals surface area contributed by atoms with Crippen LogP contribution in [-0.2, 0) is 10.0 Å². The third-order valence-corrected chi connectivity index (χ3v) is 5.18. The lowest BCUT2D eigenvalue weighted by Crippen LogP contribution is -2.30. The van der Waals surface area contributed by atoms with Crippen molar-refractivity contribution in [2.45, 2.75) is 31.1 Å². The molecule has 0 radical (unpaired) electrons. The number of sulfonamides is 1. The van der Waals surface area contributed by atoms with Gasteiger partial charge >= 0.3 is 0 Å². The van der Waals surface area contributed by atoms with Crippen LogP contribution in [0.1, 0.15) is 25.0 Å². The molecule has 0 bridgehead atoms. The fourth-order valence-electron chi connectivity index (χ4n) is 2.64. The summed E-state index contributed by atoms with van der Waals surface area (Å²) < 4.78 is 27.3. The highest BCUT2D eigenvalue weighted by atomic mass is 32.2. The quantitative estimate of drug-likeness (QED) is 0.931. The highest BCUT2D eigenvalue weighted by molar-refractivity contribution is 7.92. The van der Waals surface area contributed by atoms with Crippen LogP contribution in [0.15, 0.2) is 41.4 Å². The Morgan fingerprint density at radius 2 is 1.87 bits per heavy atom. The number of hydrogen-bond acceptors (Lipinski definition) is 5. The van der Waals surface area contributed by atoms with E-state index in [2.05, 4.69) is 19.6 Å². The number of aromatic nitrogens is 2. The minimum absolute atomic E-state index is 0.140. The molecule has 3 rings (SSSR count). The van der Waals surface area contributed by atoms with Gasteiger partial charge in [0.25, 0.3) is 10.0 Å². The molecule has 0 spiro atoms. The molecular formula is C16H20N4O2S. The summed E-state index contributed by atoms with van der Waals surface area (Å²) in [5, 5.41) is 0. The largest absolute Gasteiger partial charge is 0.357 e. The molecule has 1 aliphatic rings. The molecule has 0 aliphatic carbocycles. The van der Waals surface area contributed by atoms with Crippen LogP contribution < -0.4 is 9.62 Å². The minimum Gasteiger partial charge on any atom is -0.357 e. The van der Waals surface area contributed by atoms with Gasteiger partial charge in [0.05, 0.1) is 0 Å². The topological polar surface area (TPSA) is 75.2 Å². The van der Waals surface area contributed by atoms with E-state index < -0.39 is 10.0 Å². The summed E-state index contributed by atoms with van der Waals surface area (Å²) in [6, 6.07) is 8.56. The van der Waals surface area contributed by atoms with Crippen molar-refractivity contribution in [1.82, 2.24) is 9.97 Å². The molecular weight excluding hydrogens is 312 g/mol. The van der Waals surface area contributed by atoms with Gasteiger partial charge in [0.15, 0.2) is 0 Å². The van der Waals surface area contributed by atoms with E-state index in [0.29, 0.717) is 5.82 Å². The molecule has 7 heteroatoms. The molecule has 3 heterocycles. The Kier molecular flexibility index (Phi) is 4.47. The van der Waals surface area contributed by atoms with Gasteiger partial charge in [-0.25, -0.2) is 18.4 Å². The van der Waals surface area contributed by atoms with E-state index in [4.69, 9.17) is 0 Å². The van der Waals surface area contributed by atoms with Crippen molar-refractivity contribution < 1.29 is 8.42 Å². The van der Waals surface area contributed by atoms with Gasteiger partial charge < -0.3 is 4.90 Å². The van der Waals surface area contributed by atoms with Crippen molar-refractivity contribution in [2.75, 3.05) is 22.7 Å². The summed E-state index contributed by atoms with van der Waals surface area (Å²) >= 11 is 0. The molecule has 1 saturated heterocycles. The van der Waals surface area contributed by atoms with E-state index >= 15 is 0 Å². The lowest BCUT2D eigenvalue weighted by molar-refractivity contribution is 0.573. The van der Waals surface area contributed by atoms with Crippen LogP contribution in [0.25, 0.3) is 0 Å². The van der Waals surface area contributed by atoms with Gasteiger partial charge in [-0.3, -0.25) is 4.72 Å². The van der Waals surface area contributed by atoms with Crippen molar-refractivity contribution in [1.29, 1.82) is 0 Å². The summed E-state index contributed by atoms with van der Waals surface area (Å²) in [6.07, 6.45) is 4.96. The first-order chi connectivity index (χ1) is 11.0. The molecule has 2 aromatic heterocycles. The maximum Gasteiger partial charge on any atom is 0.264 e. The first kappa shape index (κ1) is 15.7. The maximum absolute atomic E-state index is 12.4. The Bertz CT molecular complexity index is 769. The van der Waals surface area contributed by atoms with Crippen molar-refractivity contribution in [2.24, 2.45) is 0 Å². The van der Waals surface area contributed by atoms with Crippen LogP contribution in [0.2, 0.25) is 0 Å². The molecule has 1 fully saturated rings. The Hall–Kier alpha value is -2.15. The fourth-order valence-corrected chi connectivity index (χ4v) is 3.58. The molecule has 23 heavy (non-hydrogen) atoms. The zero-order valence-electron chi connectivity index (χ0n) is 13.1. The Morgan fingerprint density at radius 3 is 2.52 bits per heavy atom. The molecule has 0 atom stereocenters. The van der Waals surface area contributed by atoms with Gasteiger partial charge in [0, 0.05) is 25.0 Å². The summed E-state index contributed by atoms with van der Waals surface area (Å²) in [4.78, 5) is 10.8. The van der Waals surface area contributed by atoms with Gasteiger partial charge in [0.2, 0.25) is 0 Å². The minimum atomic E-state index is -3.67. The average molecular weight is 332 g/mol. The van der Waals surface area contributed by atoms with Crippen molar-refractivity contribution in [3.63, 3.8) is 0 Å². The molecule has 2 aromatic rings. The smallest absolute Gasteiger partial charge is 0.264 e. The van der Waals surface area contributed by atoms with Crippen LogP contribution in [-0.4, -0.2) is 31.5 Å². The second-order valence-electron chi connectivity index (χ2n) is 5.67. The highest BCUT2D eigenvalue weighted by Crippen LogP contribution is 2.20. The number of aryl methyl sites for hydroxylation is 1. The standard InChI is InChI=1S/C16H20N4O2S/c1-13-6-5-7-15(18-13)19-23(21,22)14-8-9-16(17-12-14)20-10-3-2-4-11-20/h5-9,12H,2-4,10-11H2,1H3,(H,18,19). The SMILES string of the molecule is Cc1cccc(NS(=O)(=O)c2ccc(N3CCCCC3)nc2)n1. The van der Waals surface area contributed by atoms with Gasteiger partial charge in [-0.15, -0.1) is 0 Å². The maximum atomic E-state index is 12.4. The lowest BCUT2D eigenvalue weighted by atomic mass is 10.1. The number of anilines is 2. The van der Waals surface area contributed by atoms with Gasteiger partial charge in [0.1, 0.15) is 16.5 Å². The molecule has 1 aliphatic heterocycles. The molecule has 0 aromatic carbocycles. The van der Waals surface area contributed by atoms with Crippen LogP contribution in [0, 0.1) is 6.92 Å². The normalized spacial score (nSPS) is 15.4. The van der Waals surface area contributed by atoms with E-state index in [9.17, 15) is 8.42 Å². The van der Waals surface area contributed by atoms with Gasteiger partial charge in [-0.2, -0.15) is 0 Å². The van der Waals surface area contributed by atoms with E-state index in [-0.39, 0.29) is 4.90 Å². The van der Waals surface area contributed by atoms with Crippen molar-refractivity contribution in [3.8, 4) is 0 Å². The second-order valence-corrected chi connectivity index (χ2v) is 7.35. The average Bonchev–Trinajstić information content (AvgIpc) is 2.55. The van der Waals surface area contributed by atoms with Crippen molar-refractivity contribution >= 4 is 21.7 Å². The summed E-state index contributed by atoms with van der Waals surface area (Å²) in [6.45, 7) is 3.77. The molecule has 0 saturated carbocycles. The van der Waals surface area contributed by atoms with E-state index in [1.165, 1.54) is 12.6 Å². The number of nitrogens with zero attached hydrogens (tertiary/aromatic N) is 3. The predicted octanol–water partition coefficient (Wildman–Crippen LogP) is 2.58. The Labute approximate surface area is 136 Å². The summed E-state index contributed by atoms with van der Waals surface area (Å²) in [7, 11) is -3.67.